The van der Waals surface area contributed by atoms with Crippen LogP contribution in [0.15, 0.2) is 72.8 Å². The van der Waals surface area contributed by atoms with E-state index < -0.39 is 0 Å². The molecule has 0 radical (unpaired) electrons. The highest BCUT2D eigenvalue weighted by Gasteiger charge is 2.08. The lowest BCUT2D eigenvalue weighted by molar-refractivity contribution is 0.102. The van der Waals surface area contributed by atoms with Crippen LogP contribution in [0.3, 0.4) is 0 Å². The summed E-state index contributed by atoms with van der Waals surface area (Å²) in [6.45, 7) is 1.45. The number of ether oxygens (including phenoxy) is 1. The minimum Gasteiger partial charge on any atom is -0.508 e. The predicted octanol–water partition coefficient (Wildman–Crippen LogP) is 4.25. The molecule has 144 valence electrons. The van der Waals surface area contributed by atoms with Crippen LogP contribution >= 0.6 is 0 Å². The molecule has 0 heterocycles. The first-order valence-electron chi connectivity index (χ1n) is 9.10. The quantitative estimate of drug-likeness (QED) is 0.647. The molecule has 0 saturated carbocycles. The molecule has 2 N–H and O–H groups in total. The van der Waals surface area contributed by atoms with E-state index in [0.29, 0.717) is 17.9 Å². The van der Waals surface area contributed by atoms with Crippen LogP contribution in [0.2, 0.25) is 0 Å². The van der Waals surface area contributed by atoms with Crippen molar-refractivity contribution >= 4 is 11.6 Å². The molecular weight excluding hydrogens is 352 g/mol. The maximum Gasteiger partial charge on any atom is 0.255 e. The molecule has 0 aromatic heterocycles. The molecule has 3 rings (SSSR count). The molecular formula is C23H24N2O3. The van der Waals surface area contributed by atoms with Gasteiger partial charge in [0.15, 0.2) is 0 Å². The Morgan fingerprint density at radius 3 is 2.32 bits per heavy atom. The number of hydrogen-bond donors (Lipinski definition) is 2. The number of amides is 1. The van der Waals surface area contributed by atoms with Crippen molar-refractivity contribution in [2.24, 2.45) is 0 Å². The molecule has 1 amide bonds. The molecule has 28 heavy (non-hydrogen) atoms. The summed E-state index contributed by atoms with van der Waals surface area (Å²) in [6, 6.07) is 21.6. The van der Waals surface area contributed by atoms with Crippen molar-refractivity contribution in [3.8, 4) is 22.6 Å². The Balaban J connectivity index is 1.65. The van der Waals surface area contributed by atoms with E-state index in [2.05, 4.69) is 10.2 Å². The normalized spacial score (nSPS) is 10.7. The highest BCUT2D eigenvalue weighted by molar-refractivity contribution is 6.05. The Hall–Kier alpha value is -3.31. The summed E-state index contributed by atoms with van der Waals surface area (Å²) in [5.74, 6) is 0.772. The number of anilines is 1. The molecule has 0 aliphatic heterocycles. The summed E-state index contributed by atoms with van der Waals surface area (Å²) in [4.78, 5) is 14.7. The molecule has 0 fully saturated rings. The molecule has 5 heteroatoms. The third-order valence-corrected chi connectivity index (χ3v) is 4.22. The van der Waals surface area contributed by atoms with Crippen molar-refractivity contribution in [2.75, 3.05) is 32.6 Å². The lowest BCUT2D eigenvalue weighted by Gasteiger charge is -2.12. The monoisotopic (exact) mass is 376 g/mol. The molecule has 3 aromatic rings. The van der Waals surface area contributed by atoms with Crippen molar-refractivity contribution in [3.05, 3.63) is 78.4 Å². The molecule has 0 saturated heterocycles. The second-order valence-corrected chi connectivity index (χ2v) is 6.76. The fourth-order valence-electron chi connectivity index (χ4n) is 2.71. The Kier molecular flexibility index (Phi) is 6.29. The molecule has 0 unspecified atom stereocenters. The Labute approximate surface area is 165 Å². The number of carbonyl (C=O) groups excluding carboxylic acids is 1. The van der Waals surface area contributed by atoms with Gasteiger partial charge >= 0.3 is 0 Å². The first kappa shape index (κ1) is 19.5. The van der Waals surface area contributed by atoms with E-state index in [1.54, 1.807) is 24.3 Å². The van der Waals surface area contributed by atoms with Gasteiger partial charge in [-0.3, -0.25) is 4.79 Å². The van der Waals surface area contributed by atoms with Gasteiger partial charge in [-0.2, -0.15) is 0 Å². The van der Waals surface area contributed by atoms with Crippen molar-refractivity contribution < 1.29 is 14.6 Å². The van der Waals surface area contributed by atoms with E-state index in [-0.39, 0.29) is 11.7 Å². The molecule has 0 aliphatic carbocycles. The van der Waals surface area contributed by atoms with Crippen molar-refractivity contribution in [3.63, 3.8) is 0 Å². The van der Waals surface area contributed by atoms with E-state index in [1.807, 2.05) is 62.6 Å². The fourth-order valence-corrected chi connectivity index (χ4v) is 2.71. The van der Waals surface area contributed by atoms with Crippen molar-refractivity contribution in [2.45, 2.75) is 0 Å². The summed E-state index contributed by atoms with van der Waals surface area (Å²) >= 11 is 0. The highest BCUT2D eigenvalue weighted by Crippen LogP contribution is 2.24. The van der Waals surface area contributed by atoms with Gasteiger partial charge in [0, 0.05) is 17.8 Å². The summed E-state index contributed by atoms with van der Waals surface area (Å²) in [6.07, 6.45) is 0. The van der Waals surface area contributed by atoms with Gasteiger partial charge in [0.2, 0.25) is 0 Å². The minimum absolute atomic E-state index is 0.191. The average Bonchev–Trinajstić information content (AvgIpc) is 2.69. The number of hydrogen-bond acceptors (Lipinski definition) is 4. The van der Waals surface area contributed by atoms with E-state index in [0.717, 1.165) is 23.4 Å². The van der Waals surface area contributed by atoms with Gasteiger partial charge in [-0.25, -0.2) is 0 Å². The maximum atomic E-state index is 12.6. The van der Waals surface area contributed by atoms with E-state index in [4.69, 9.17) is 4.74 Å². The topological polar surface area (TPSA) is 61.8 Å². The number of aromatic hydroxyl groups is 1. The maximum absolute atomic E-state index is 12.6. The van der Waals surface area contributed by atoms with Crippen LogP contribution in [0.4, 0.5) is 5.69 Å². The number of rotatable bonds is 7. The third kappa shape index (κ3) is 5.34. The molecule has 5 nitrogen and oxygen atoms in total. The number of phenols is 1. The zero-order valence-electron chi connectivity index (χ0n) is 16.1. The van der Waals surface area contributed by atoms with Gasteiger partial charge in [0.05, 0.1) is 0 Å². The zero-order valence-corrected chi connectivity index (χ0v) is 16.1. The standard InChI is InChI=1S/C23H24N2O3/c1-25(2)13-14-28-22-11-9-20(10-12-22)24-23(27)19-7-3-5-17(15-19)18-6-4-8-21(26)16-18/h3-12,15-16,26H,13-14H2,1-2H3,(H,24,27). The molecule has 0 bridgehead atoms. The Bertz CT molecular complexity index is 937. The molecule has 3 aromatic carbocycles. The van der Waals surface area contributed by atoms with Crippen LogP contribution in [0.1, 0.15) is 10.4 Å². The highest BCUT2D eigenvalue weighted by atomic mass is 16.5. The SMILES string of the molecule is CN(C)CCOc1ccc(NC(=O)c2cccc(-c3cccc(O)c3)c2)cc1. The summed E-state index contributed by atoms with van der Waals surface area (Å²) in [5, 5.41) is 12.6. The van der Waals surface area contributed by atoms with Gasteiger partial charge in [0.25, 0.3) is 5.91 Å². The Morgan fingerprint density at radius 2 is 1.64 bits per heavy atom. The molecule has 0 aliphatic rings. The van der Waals surface area contributed by atoms with Gasteiger partial charge in [0.1, 0.15) is 18.1 Å². The smallest absolute Gasteiger partial charge is 0.255 e. The zero-order chi connectivity index (χ0) is 19.9. The van der Waals surface area contributed by atoms with E-state index in [9.17, 15) is 9.90 Å². The Morgan fingerprint density at radius 1 is 0.964 bits per heavy atom. The number of benzene rings is 3. The number of carbonyl (C=O) groups is 1. The van der Waals surface area contributed by atoms with Crippen molar-refractivity contribution in [1.82, 2.24) is 4.90 Å². The van der Waals surface area contributed by atoms with Crippen LogP contribution in [0, 0.1) is 0 Å². The van der Waals surface area contributed by atoms with Crippen LogP contribution in [-0.4, -0.2) is 43.2 Å². The third-order valence-electron chi connectivity index (χ3n) is 4.22. The minimum atomic E-state index is -0.191. The summed E-state index contributed by atoms with van der Waals surface area (Å²) in [5.41, 5.74) is 2.97. The largest absolute Gasteiger partial charge is 0.508 e. The second-order valence-electron chi connectivity index (χ2n) is 6.76. The van der Waals surface area contributed by atoms with E-state index >= 15 is 0 Å². The summed E-state index contributed by atoms with van der Waals surface area (Å²) < 4.78 is 5.66. The number of phenolic OH excluding ortho intramolecular Hbond substituents is 1. The fraction of sp³-hybridized carbons (Fsp3) is 0.174. The lowest BCUT2D eigenvalue weighted by atomic mass is 10.0. The van der Waals surface area contributed by atoms with Crippen LogP contribution in [0.5, 0.6) is 11.5 Å². The molecule has 0 spiro atoms. The van der Waals surface area contributed by atoms with Gasteiger partial charge in [-0.1, -0.05) is 24.3 Å². The average molecular weight is 376 g/mol. The predicted molar refractivity (Wildman–Crippen MR) is 112 cm³/mol. The number of likely N-dealkylation sites (N-methyl/N-ethyl adjacent to an activating group) is 1. The van der Waals surface area contributed by atoms with E-state index in [1.165, 1.54) is 0 Å². The van der Waals surface area contributed by atoms with Gasteiger partial charge < -0.3 is 20.1 Å². The van der Waals surface area contributed by atoms with Crippen molar-refractivity contribution in [1.29, 1.82) is 0 Å². The second kappa shape index (κ2) is 9.06. The summed E-state index contributed by atoms with van der Waals surface area (Å²) in [7, 11) is 4.00. The number of nitrogens with zero attached hydrogens (tertiary/aromatic N) is 1. The number of nitrogens with one attached hydrogen (secondary N) is 1. The van der Waals surface area contributed by atoms with Crippen LogP contribution in [0.25, 0.3) is 11.1 Å². The van der Waals surface area contributed by atoms with Gasteiger partial charge in [-0.15, -0.1) is 0 Å². The van der Waals surface area contributed by atoms with Gasteiger partial charge in [-0.05, 0) is 73.8 Å². The lowest BCUT2D eigenvalue weighted by Crippen LogP contribution is -2.19. The first-order chi connectivity index (χ1) is 13.5. The first-order valence-corrected chi connectivity index (χ1v) is 9.10. The molecule has 0 atom stereocenters. The van der Waals surface area contributed by atoms with Crippen LogP contribution in [-0.2, 0) is 0 Å². The van der Waals surface area contributed by atoms with Crippen LogP contribution < -0.4 is 10.1 Å².